The molecule has 68 valence electrons. The highest BCUT2D eigenvalue weighted by Gasteiger charge is 2.05. The first-order valence-corrected chi connectivity index (χ1v) is 4.67. The van der Waals surface area contributed by atoms with Crippen molar-refractivity contribution in [1.82, 2.24) is 9.61 Å². The van der Waals surface area contributed by atoms with E-state index in [1.165, 1.54) is 16.6 Å². The quantitative estimate of drug-likeness (QED) is 0.649. The Morgan fingerprint density at radius 1 is 1.31 bits per heavy atom. The van der Waals surface area contributed by atoms with Crippen LogP contribution in [0.1, 0.15) is 23.7 Å². The third-order valence-electron chi connectivity index (χ3n) is 2.43. The summed E-state index contributed by atoms with van der Waals surface area (Å²) in [6.45, 7) is 6.33. The molecule has 2 aromatic rings. The zero-order chi connectivity index (χ0) is 9.42. The van der Waals surface area contributed by atoms with Crippen molar-refractivity contribution < 1.29 is 0 Å². The second-order valence-electron chi connectivity index (χ2n) is 3.45. The van der Waals surface area contributed by atoms with Crippen molar-refractivity contribution in [3.05, 3.63) is 35.2 Å². The lowest BCUT2D eigenvalue weighted by Gasteiger charge is -1.96. The lowest BCUT2D eigenvalue weighted by molar-refractivity contribution is 0.925. The molecule has 0 unspecified atom stereocenters. The van der Waals surface area contributed by atoms with E-state index in [1.54, 1.807) is 0 Å². The van der Waals surface area contributed by atoms with Crippen LogP contribution >= 0.6 is 0 Å². The van der Waals surface area contributed by atoms with E-state index < -0.39 is 0 Å². The van der Waals surface area contributed by atoms with Gasteiger partial charge in [0, 0.05) is 11.8 Å². The van der Waals surface area contributed by atoms with E-state index in [0.29, 0.717) is 0 Å². The first-order valence-electron chi connectivity index (χ1n) is 4.67. The van der Waals surface area contributed by atoms with Crippen molar-refractivity contribution in [2.75, 3.05) is 0 Å². The van der Waals surface area contributed by atoms with Gasteiger partial charge in [0.15, 0.2) is 0 Å². The number of pyridine rings is 1. The van der Waals surface area contributed by atoms with Crippen LogP contribution in [0.2, 0.25) is 0 Å². The number of rotatable bonds is 1. The first-order chi connectivity index (χ1) is 6.22. The number of aromatic nitrogens is 2. The van der Waals surface area contributed by atoms with E-state index in [-0.39, 0.29) is 0 Å². The van der Waals surface area contributed by atoms with Crippen LogP contribution in [0.3, 0.4) is 0 Å². The molecule has 13 heavy (non-hydrogen) atoms. The minimum absolute atomic E-state index is 1.05. The maximum atomic E-state index is 4.46. The maximum Gasteiger partial charge on any atom is 0.0696 e. The smallest absolute Gasteiger partial charge is 0.0696 e. The van der Waals surface area contributed by atoms with Crippen LogP contribution in [0.15, 0.2) is 18.3 Å². The van der Waals surface area contributed by atoms with Gasteiger partial charge in [-0.25, -0.2) is 4.52 Å². The lowest BCUT2D eigenvalue weighted by Crippen LogP contribution is -1.87. The first kappa shape index (κ1) is 8.30. The molecule has 0 amide bonds. The van der Waals surface area contributed by atoms with Crippen LogP contribution in [0.25, 0.3) is 5.52 Å². The average molecular weight is 174 g/mol. The third-order valence-corrected chi connectivity index (χ3v) is 2.43. The summed E-state index contributed by atoms with van der Waals surface area (Å²) in [5, 5.41) is 4.46. The van der Waals surface area contributed by atoms with E-state index in [9.17, 15) is 0 Å². The Morgan fingerprint density at radius 3 is 2.77 bits per heavy atom. The SMILES string of the molecule is CCc1c(C)nn2cc(C)ccc12. The molecule has 2 rings (SSSR count). The molecule has 0 N–H and O–H groups in total. The second-order valence-corrected chi connectivity index (χ2v) is 3.45. The third kappa shape index (κ3) is 1.22. The molecule has 0 aromatic carbocycles. The lowest BCUT2D eigenvalue weighted by atomic mass is 10.1. The number of nitrogens with zero attached hydrogens (tertiary/aromatic N) is 2. The molecular formula is C11H14N2. The van der Waals surface area contributed by atoms with Crippen molar-refractivity contribution in [2.24, 2.45) is 0 Å². The predicted octanol–water partition coefficient (Wildman–Crippen LogP) is 2.51. The number of hydrogen-bond acceptors (Lipinski definition) is 1. The van der Waals surface area contributed by atoms with Crippen LogP contribution in [0.4, 0.5) is 0 Å². The Bertz CT molecular complexity index is 441. The van der Waals surface area contributed by atoms with Gasteiger partial charge in [0.2, 0.25) is 0 Å². The fourth-order valence-electron chi connectivity index (χ4n) is 1.76. The topological polar surface area (TPSA) is 17.3 Å². The summed E-state index contributed by atoms with van der Waals surface area (Å²) in [7, 11) is 0. The van der Waals surface area contributed by atoms with E-state index in [4.69, 9.17) is 0 Å². The molecular weight excluding hydrogens is 160 g/mol. The highest BCUT2D eigenvalue weighted by atomic mass is 15.2. The molecule has 0 saturated heterocycles. The van der Waals surface area contributed by atoms with Crippen LogP contribution in [0.5, 0.6) is 0 Å². The molecule has 0 bridgehead atoms. The molecule has 0 atom stereocenters. The summed E-state index contributed by atoms with van der Waals surface area (Å²) in [5.74, 6) is 0. The fraction of sp³-hybridized carbons (Fsp3) is 0.364. The Morgan fingerprint density at radius 2 is 2.08 bits per heavy atom. The van der Waals surface area contributed by atoms with Gasteiger partial charge >= 0.3 is 0 Å². The molecule has 0 aliphatic carbocycles. The van der Waals surface area contributed by atoms with Gasteiger partial charge < -0.3 is 0 Å². The van der Waals surface area contributed by atoms with Crippen molar-refractivity contribution in [3.63, 3.8) is 0 Å². The Balaban J connectivity index is 2.79. The van der Waals surface area contributed by atoms with E-state index in [0.717, 1.165) is 12.1 Å². The minimum atomic E-state index is 1.05. The number of hydrogen-bond donors (Lipinski definition) is 0. The summed E-state index contributed by atoms with van der Waals surface area (Å²) in [6.07, 6.45) is 3.12. The van der Waals surface area contributed by atoms with Gasteiger partial charge in [-0.15, -0.1) is 0 Å². The normalized spacial score (nSPS) is 11.0. The molecule has 0 radical (unpaired) electrons. The highest BCUT2D eigenvalue weighted by molar-refractivity contribution is 5.56. The van der Waals surface area contributed by atoms with Crippen molar-refractivity contribution in [2.45, 2.75) is 27.2 Å². The van der Waals surface area contributed by atoms with Crippen LogP contribution in [-0.2, 0) is 6.42 Å². The number of fused-ring (bicyclic) bond motifs is 1. The van der Waals surface area contributed by atoms with Gasteiger partial charge in [0.25, 0.3) is 0 Å². The summed E-state index contributed by atoms with van der Waals surface area (Å²) in [5.41, 5.74) is 5.00. The summed E-state index contributed by atoms with van der Waals surface area (Å²) < 4.78 is 1.98. The standard InChI is InChI=1S/C11H14N2/c1-4-10-9(3)12-13-7-8(2)5-6-11(10)13/h5-7H,4H2,1-3H3. The monoisotopic (exact) mass is 174 g/mol. The van der Waals surface area contributed by atoms with E-state index >= 15 is 0 Å². The van der Waals surface area contributed by atoms with Gasteiger partial charge in [0.05, 0.1) is 11.2 Å². The molecule has 0 aliphatic heterocycles. The summed E-state index contributed by atoms with van der Waals surface area (Å²) in [4.78, 5) is 0. The molecule has 0 aliphatic rings. The van der Waals surface area contributed by atoms with Crippen LogP contribution in [-0.4, -0.2) is 9.61 Å². The zero-order valence-corrected chi connectivity index (χ0v) is 8.33. The summed E-state index contributed by atoms with van der Waals surface area (Å²) in [6, 6.07) is 4.28. The van der Waals surface area contributed by atoms with E-state index in [2.05, 4.69) is 44.2 Å². The predicted molar refractivity (Wildman–Crippen MR) is 54.0 cm³/mol. The largest absolute Gasteiger partial charge is 0.240 e. The Labute approximate surface area is 78.2 Å². The zero-order valence-electron chi connectivity index (χ0n) is 8.33. The summed E-state index contributed by atoms with van der Waals surface area (Å²) >= 11 is 0. The Kier molecular flexibility index (Phi) is 1.83. The molecule has 2 aromatic heterocycles. The van der Waals surface area contributed by atoms with Crippen LogP contribution < -0.4 is 0 Å². The van der Waals surface area contributed by atoms with Gasteiger partial charge in [-0.05, 0) is 31.9 Å². The van der Waals surface area contributed by atoms with Crippen LogP contribution in [0, 0.1) is 13.8 Å². The molecule has 0 fully saturated rings. The van der Waals surface area contributed by atoms with Crippen molar-refractivity contribution in [3.8, 4) is 0 Å². The number of aryl methyl sites for hydroxylation is 3. The molecule has 2 heterocycles. The molecule has 0 saturated carbocycles. The molecule has 0 spiro atoms. The van der Waals surface area contributed by atoms with Crippen molar-refractivity contribution in [1.29, 1.82) is 0 Å². The van der Waals surface area contributed by atoms with Gasteiger partial charge in [-0.3, -0.25) is 0 Å². The molecule has 2 heteroatoms. The second kappa shape index (κ2) is 2.87. The van der Waals surface area contributed by atoms with Gasteiger partial charge in [0.1, 0.15) is 0 Å². The minimum Gasteiger partial charge on any atom is -0.240 e. The molecule has 2 nitrogen and oxygen atoms in total. The average Bonchev–Trinajstić information content (AvgIpc) is 2.39. The van der Waals surface area contributed by atoms with Gasteiger partial charge in [-0.1, -0.05) is 13.0 Å². The van der Waals surface area contributed by atoms with Gasteiger partial charge in [-0.2, -0.15) is 5.10 Å². The van der Waals surface area contributed by atoms with E-state index in [1.807, 2.05) is 4.52 Å². The maximum absolute atomic E-state index is 4.46. The Hall–Kier alpha value is -1.31. The van der Waals surface area contributed by atoms with Crippen molar-refractivity contribution >= 4 is 5.52 Å². The highest BCUT2D eigenvalue weighted by Crippen LogP contribution is 2.16. The fourth-order valence-corrected chi connectivity index (χ4v) is 1.76.